The molecule has 0 amide bonds. The third kappa shape index (κ3) is 4.44. The maximum atomic E-state index is 13.8. The van der Waals surface area contributed by atoms with Gasteiger partial charge in [-0.3, -0.25) is 14.3 Å². The second-order valence-corrected chi connectivity index (χ2v) is 13.9. The zero-order valence-electron chi connectivity index (χ0n) is 19.4. The Morgan fingerprint density at radius 3 is 2.18 bits per heavy atom. The lowest BCUT2D eigenvalue weighted by atomic mass is 10.2. The van der Waals surface area contributed by atoms with Gasteiger partial charge in [0, 0.05) is 6.42 Å². The zero-order chi connectivity index (χ0) is 24.5. The van der Waals surface area contributed by atoms with E-state index in [4.69, 9.17) is 9.16 Å². The van der Waals surface area contributed by atoms with Gasteiger partial charge in [0.05, 0.1) is 18.9 Å². The molecule has 0 bridgehead atoms. The van der Waals surface area contributed by atoms with Crippen molar-refractivity contribution in [3.63, 3.8) is 0 Å². The average Bonchev–Trinajstić information content (AvgIpc) is 3.17. The van der Waals surface area contributed by atoms with Gasteiger partial charge in [0.2, 0.25) is 5.82 Å². The fraction of sp³-hybridized carbons (Fsp3) is 0.360. The van der Waals surface area contributed by atoms with E-state index in [0.717, 1.165) is 21.1 Å². The largest absolute Gasteiger partial charge is 0.405 e. The Morgan fingerprint density at radius 2 is 1.65 bits per heavy atom. The summed E-state index contributed by atoms with van der Waals surface area (Å²) < 4.78 is 27.5. The number of nitrogens with zero attached hydrogens (tertiary/aromatic N) is 1. The molecule has 0 saturated carbocycles. The Labute approximate surface area is 197 Å². The maximum Gasteiger partial charge on any atom is 0.330 e. The van der Waals surface area contributed by atoms with Crippen LogP contribution in [0.5, 0.6) is 0 Å². The molecule has 1 fully saturated rings. The van der Waals surface area contributed by atoms with Gasteiger partial charge in [-0.05, 0) is 15.4 Å². The SMILES string of the molecule is CC(C)(C)[Si](OC[C@H]1OC(n2cc(F)c(=O)[nH]c2=O)C[C@@H]1O)(c1ccccc1)c1ccccc1. The van der Waals surface area contributed by atoms with Crippen LogP contribution >= 0.6 is 0 Å². The highest BCUT2D eigenvalue weighted by Gasteiger charge is 2.51. The molecule has 3 aromatic rings. The van der Waals surface area contributed by atoms with Gasteiger partial charge in [-0.2, -0.15) is 4.39 Å². The number of nitrogens with one attached hydrogen (secondary N) is 1. The van der Waals surface area contributed by atoms with E-state index in [1.165, 1.54) is 0 Å². The summed E-state index contributed by atoms with van der Waals surface area (Å²) in [6.07, 6.45) is -1.69. The van der Waals surface area contributed by atoms with Gasteiger partial charge in [-0.15, -0.1) is 0 Å². The lowest BCUT2D eigenvalue weighted by Gasteiger charge is -2.43. The van der Waals surface area contributed by atoms with Gasteiger partial charge in [0.1, 0.15) is 12.3 Å². The first-order valence-corrected chi connectivity index (χ1v) is 13.1. The number of rotatable bonds is 6. The second-order valence-electron chi connectivity index (χ2n) is 9.55. The number of hydrogen-bond donors (Lipinski definition) is 2. The van der Waals surface area contributed by atoms with Crippen LogP contribution in [0.1, 0.15) is 33.4 Å². The maximum absolute atomic E-state index is 13.8. The first-order chi connectivity index (χ1) is 16.1. The van der Waals surface area contributed by atoms with Crippen molar-refractivity contribution in [2.24, 2.45) is 0 Å². The molecule has 2 aromatic carbocycles. The van der Waals surface area contributed by atoms with Crippen molar-refractivity contribution in [1.29, 1.82) is 0 Å². The Bertz CT molecular complexity index is 1200. The van der Waals surface area contributed by atoms with E-state index < -0.39 is 43.8 Å². The van der Waals surface area contributed by atoms with E-state index >= 15 is 0 Å². The molecule has 1 aromatic heterocycles. The van der Waals surface area contributed by atoms with Gasteiger partial charge in [-0.25, -0.2) is 4.79 Å². The fourth-order valence-electron chi connectivity index (χ4n) is 4.68. The summed E-state index contributed by atoms with van der Waals surface area (Å²) in [5.41, 5.74) is -1.89. The lowest BCUT2D eigenvalue weighted by molar-refractivity contribution is -0.0429. The molecular formula is C25H29FN2O5Si. The van der Waals surface area contributed by atoms with E-state index in [1.54, 1.807) is 0 Å². The highest BCUT2D eigenvalue weighted by atomic mass is 28.4. The monoisotopic (exact) mass is 484 g/mol. The fourth-order valence-corrected chi connectivity index (χ4v) is 9.25. The van der Waals surface area contributed by atoms with E-state index in [2.05, 4.69) is 45.0 Å². The molecule has 0 radical (unpaired) electrons. The van der Waals surface area contributed by atoms with E-state index in [9.17, 15) is 19.1 Å². The standard InChI is InChI=1S/C25H29FN2O5Si/c1-25(2,3)34(17-10-6-4-7-11-17,18-12-8-5-9-13-18)32-16-21-20(29)14-22(33-21)28-15-19(26)23(30)27-24(28)31/h4-13,15,20-22,29H,14,16H2,1-3H3,(H,27,30,31)/t20-,21+,22?/m0/s1. The Balaban J connectivity index is 1.66. The van der Waals surface area contributed by atoms with Crippen molar-refractivity contribution in [2.75, 3.05) is 6.61 Å². The Hall–Kier alpha value is -2.85. The van der Waals surface area contributed by atoms with Crippen molar-refractivity contribution < 1.29 is 18.7 Å². The van der Waals surface area contributed by atoms with Crippen LogP contribution in [0, 0.1) is 5.82 Å². The third-order valence-corrected chi connectivity index (χ3v) is 11.3. The van der Waals surface area contributed by atoms with Crippen LogP contribution in [0.3, 0.4) is 0 Å². The molecule has 1 saturated heterocycles. The topological polar surface area (TPSA) is 93.5 Å². The molecule has 2 heterocycles. The quantitative estimate of drug-likeness (QED) is 0.522. The number of halogens is 1. The van der Waals surface area contributed by atoms with Crippen LogP contribution in [0.15, 0.2) is 76.4 Å². The number of ether oxygens (including phenoxy) is 1. The number of aromatic nitrogens is 2. The Morgan fingerprint density at radius 1 is 1.09 bits per heavy atom. The highest BCUT2D eigenvalue weighted by molar-refractivity contribution is 6.99. The molecule has 0 aliphatic carbocycles. The number of aromatic amines is 1. The summed E-state index contributed by atoms with van der Waals surface area (Å²) in [5.74, 6) is -1.09. The van der Waals surface area contributed by atoms with Crippen LogP contribution in [0.25, 0.3) is 0 Å². The summed E-state index contributed by atoms with van der Waals surface area (Å²) in [6, 6.07) is 20.2. The molecule has 7 nitrogen and oxygen atoms in total. The van der Waals surface area contributed by atoms with Crippen LogP contribution in [0.2, 0.25) is 5.04 Å². The smallest absolute Gasteiger partial charge is 0.330 e. The van der Waals surface area contributed by atoms with E-state index in [-0.39, 0.29) is 18.1 Å². The van der Waals surface area contributed by atoms with Crippen LogP contribution in [-0.4, -0.2) is 41.8 Å². The molecule has 180 valence electrons. The molecule has 3 atom stereocenters. The molecule has 1 aliphatic heterocycles. The normalized spacial score (nSPS) is 21.0. The van der Waals surface area contributed by atoms with E-state index in [1.807, 2.05) is 41.4 Å². The molecule has 4 rings (SSSR count). The first-order valence-electron chi connectivity index (χ1n) is 11.2. The highest BCUT2D eigenvalue weighted by Crippen LogP contribution is 2.38. The van der Waals surface area contributed by atoms with Gasteiger partial charge < -0.3 is 14.3 Å². The number of benzene rings is 2. The molecule has 1 unspecified atom stereocenters. The number of H-pyrrole nitrogens is 1. The molecule has 9 heteroatoms. The predicted molar refractivity (Wildman–Crippen MR) is 129 cm³/mol. The Kier molecular flexibility index (Phi) is 6.72. The summed E-state index contributed by atoms with van der Waals surface area (Å²) in [4.78, 5) is 25.5. The van der Waals surface area contributed by atoms with Gasteiger partial charge in [0.25, 0.3) is 13.9 Å². The van der Waals surface area contributed by atoms with E-state index in [0.29, 0.717) is 0 Å². The van der Waals surface area contributed by atoms with Crippen molar-refractivity contribution in [3.8, 4) is 0 Å². The second kappa shape index (κ2) is 9.42. The van der Waals surface area contributed by atoms with Crippen molar-refractivity contribution in [2.45, 2.75) is 50.7 Å². The minimum absolute atomic E-state index is 0.0696. The predicted octanol–water partition coefficient (Wildman–Crippen LogP) is 1.90. The number of aliphatic hydroxyl groups excluding tert-OH is 1. The summed E-state index contributed by atoms with van der Waals surface area (Å²) in [7, 11) is -2.84. The number of hydrogen-bond acceptors (Lipinski definition) is 5. The van der Waals surface area contributed by atoms with Crippen LogP contribution < -0.4 is 21.6 Å². The molecule has 1 aliphatic rings. The lowest BCUT2D eigenvalue weighted by Crippen LogP contribution is -2.67. The third-order valence-electron chi connectivity index (χ3n) is 6.32. The minimum Gasteiger partial charge on any atom is -0.405 e. The van der Waals surface area contributed by atoms with Gasteiger partial charge >= 0.3 is 5.69 Å². The molecule has 2 N–H and O–H groups in total. The van der Waals surface area contributed by atoms with Crippen molar-refractivity contribution >= 4 is 18.7 Å². The van der Waals surface area contributed by atoms with Crippen LogP contribution in [0.4, 0.5) is 4.39 Å². The molecular weight excluding hydrogens is 455 g/mol. The first kappa shape index (κ1) is 24.3. The van der Waals surface area contributed by atoms with Crippen molar-refractivity contribution in [3.05, 3.63) is 93.5 Å². The molecule has 0 spiro atoms. The average molecular weight is 485 g/mol. The molecule has 34 heavy (non-hydrogen) atoms. The van der Waals surface area contributed by atoms with Crippen molar-refractivity contribution in [1.82, 2.24) is 9.55 Å². The summed E-state index contributed by atoms with van der Waals surface area (Å²) in [6.45, 7) is 6.54. The number of aliphatic hydroxyl groups is 1. The summed E-state index contributed by atoms with van der Waals surface area (Å²) >= 11 is 0. The van der Waals surface area contributed by atoms with Crippen LogP contribution in [-0.2, 0) is 9.16 Å². The van der Waals surface area contributed by atoms with Gasteiger partial charge in [-0.1, -0.05) is 81.4 Å². The minimum atomic E-state index is -2.84. The summed E-state index contributed by atoms with van der Waals surface area (Å²) in [5, 5.41) is 12.6. The van der Waals surface area contributed by atoms with Gasteiger partial charge in [0.15, 0.2) is 0 Å². The zero-order valence-corrected chi connectivity index (χ0v) is 20.4.